The van der Waals surface area contributed by atoms with Crippen LogP contribution in [0.2, 0.25) is 5.02 Å². The van der Waals surface area contributed by atoms with E-state index >= 15 is 0 Å². The smallest absolute Gasteiger partial charge is 0.243 e. The molecule has 0 bridgehead atoms. The fraction of sp³-hybridized carbons (Fsp3) is 0.278. The molecule has 0 spiro atoms. The van der Waals surface area contributed by atoms with Crippen molar-refractivity contribution in [3.05, 3.63) is 64.7 Å². The van der Waals surface area contributed by atoms with Gasteiger partial charge in [0.2, 0.25) is 15.9 Å². The Bertz CT molecular complexity index is 854. The first-order valence-electron chi connectivity index (χ1n) is 8.02. The molecule has 0 fully saturated rings. The Kier molecular flexibility index (Phi) is 7.16. The first kappa shape index (κ1) is 20.4. The Balaban J connectivity index is 2.32. The summed E-state index contributed by atoms with van der Waals surface area (Å²) in [6, 6.07) is 13.2. The third-order valence-corrected chi connectivity index (χ3v) is 5.70. The van der Waals surface area contributed by atoms with Gasteiger partial charge in [-0.1, -0.05) is 41.4 Å². The van der Waals surface area contributed by atoms with Crippen LogP contribution in [-0.2, 0) is 21.4 Å². The predicted molar refractivity (Wildman–Crippen MR) is 100 cm³/mol. The van der Waals surface area contributed by atoms with Crippen molar-refractivity contribution in [2.24, 2.45) is 0 Å². The van der Waals surface area contributed by atoms with Crippen LogP contribution in [0.4, 0.5) is 0 Å². The van der Waals surface area contributed by atoms with Crippen LogP contribution in [-0.4, -0.2) is 43.4 Å². The van der Waals surface area contributed by atoms with Crippen LogP contribution in [0.25, 0.3) is 0 Å². The van der Waals surface area contributed by atoms with Gasteiger partial charge in [-0.05, 0) is 36.8 Å². The number of rotatable bonds is 8. The fourth-order valence-corrected chi connectivity index (χ4v) is 3.92. The summed E-state index contributed by atoms with van der Waals surface area (Å²) in [7, 11) is -3.90. The molecule has 0 aromatic heterocycles. The Morgan fingerprint density at radius 3 is 2.50 bits per heavy atom. The quantitative estimate of drug-likeness (QED) is 0.714. The zero-order valence-electron chi connectivity index (χ0n) is 14.4. The molecule has 2 aromatic carbocycles. The Labute approximate surface area is 158 Å². The summed E-state index contributed by atoms with van der Waals surface area (Å²) < 4.78 is 27.1. The van der Waals surface area contributed by atoms with E-state index in [4.69, 9.17) is 16.7 Å². The van der Waals surface area contributed by atoms with Crippen LogP contribution >= 0.6 is 11.6 Å². The second-order valence-corrected chi connectivity index (χ2v) is 8.16. The van der Waals surface area contributed by atoms with Gasteiger partial charge in [0.15, 0.2) is 0 Å². The minimum absolute atomic E-state index is 0.0547. The predicted octanol–water partition coefficient (Wildman–Crippen LogP) is 1.95. The largest absolute Gasteiger partial charge is 0.395 e. The summed E-state index contributed by atoms with van der Waals surface area (Å²) in [6.07, 6.45) is 0. The summed E-state index contributed by atoms with van der Waals surface area (Å²) in [4.78, 5) is 12.1. The monoisotopic (exact) mass is 396 g/mol. The molecular formula is C18H21ClN2O4S. The van der Waals surface area contributed by atoms with Crippen molar-refractivity contribution in [2.45, 2.75) is 18.4 Å². The minimum atomic E-state index is -3.90. The van der Waals surface area contributed by atoms with Gasteiger partial charge in [0.1, 0.15) is 0 Å². The molecule has 0 saturated heterocycles. The molecule has 0 aliphatic rings. The molecule has 26 heavy (non-hydrogen) atoms. The second kappa shape index (κ2) is 9.14. The average Bonchev–Trinajstić information content (AvgIpc) is 2.60. The maximum Gasteiger partial charge on any atom is 0.243 e. The number of amides is 1. The lowest BCUT2D eigenvalue weighted by molar-refractivity contribution is -0.121. The number of sulfonamides is 1. The number of aliphatic hydroxyl groups excluding tert-OH is 1. The number of aryl methyl sites for hydroxylation is 1. The van der Waals surface area contributed by atoms with Gasteiger partial charge in [0.25, 0.3) is 0 Å². The fourth-order valence-electron chi connectivity index (χ4n) is 2.41. The maximum atomic E-state index is 13.0. The Hall–Kier alpha value is -1.93. The highest BCUT2D eigenvalue weighted by Gasteiger charge is 2.26. The van der Waals surface area contributed by atoms with Crippen LogP contribution in [0.5, 0.6) is 0 Å². The summed E-state index contributed by atoms with van der Waals surface area (Å²) in [5.41, 5.74) is 1.77. The molecule has 0 heterocycles. The first-order valence-corrected chi connectivity index (χ1v) is 9.83. The highest BCUT2D eigenvalue weighted by molar-refractivity contribution is 7.89. The van der Waals surface area contributed by atoms with Crippen LogP contribution in [0.15, 0.2) is 53.4 Å². The summed E-state index contributed by atoms with van der Waals surface area (Å²) in [5.74, 6) is -0.482. The SMILES string of the molecule is Cc1cccc(CN(CC(=O)NCCO)S(=O)(=O)c2ccc(Cl)cc2)c1. The van der Waals surface area contributed by atoms with Crippen LogP contribution < -0.4 is 5.32 Å². The van der Waals surface area contributed by atoms with Gasteiger partial charge < -0.3 is 10.4 Å². The van der Waals surface area contributed by atoms with Gasteiger partial charge in [0, 0.05) is 18.1 Å². The highest BCUT2D eigenvalue weighted by Crippen LogP contribution is 2.20. The highest BCUT2D eigenvalue weighted by atomic mass is 35.5. The lowest BCUT2D eigenvalue weighted by atomic mass is 10.1. The number of halogens is 1. The van der Waals surface area contributed by atoms with Crippen molar-refractivity contribution in [2.75, 3.05) is 19.7 Å². The standard InChI is InChI=1S/C18H21ClN2O4S/c1-14-3-2-4-15(11-14)12-21(13-18(23)20-9-10-22)26(24,25)17-7-5-16(19)6-8-17/h2-8,11,22H,9-10,12-13H2,1H3,(H,20,23). The number of carbonyl (C=O) groups excluding carboxylic acids is 1. The normalized spacial score (nSPS) is 11.5. The molecule has 6 nitrogen and oxygen atoms in total. The number of hydrogen-bond acceptors (Lipinski definition) is 4. The molecule has 2 N–H and O–H groups in total. The summed E-state index contributed by atoms with van der Waals surface area (Å²) in [5, 5.41) is 11.7. The van der Waals surface area contributed by atoms with Gasteiger partial charge in [-0.25, -0.2) is 8.42 Å². The molecule has 140 valence electrons. The molecule has 0 aliphatic heterocycles. The van der Waals surface area contributed by atoms with E-state index in [0.717, 1.165) is 15.4 Å². The average molecular weight is 397 g/mol. The molecule has 0 aliphatic carbocycles. The second-order valence-electron chi connectivity index (χ2n) is 5.79. The van der Waals surface area contributed by atoms with E-state index in [1.807, 2.05) is 31.2 Å². The molecular weight excluding hydrogens is 376 g/mol. The van der Waals surface area contributed by atoms with Gasteiger partial charge in [-0.15, -0.1) is 0 Å². The minimum Gasteiger partial charge on any atom is -0.395 e. The summed E-state index contributed by atoms with van der Waals surface area (Å²) in [6.45, 7) is 1.47. The molecule has 8 heteroatoms. The van der Waals surface area contributed by atoms with Gasteiger partial charge >= 0.3 is 0 Å². The maximum absolute atomic E-state index is 13.0. The number of hydrogen-bond donors (Lipinski definition) is 2. The van der Waals surface area contributed by atoms with Crippen molar-refractivity contribution in [3.8, 4) is 0 Å². The molecule has 0 atom stereocenters. The Morgan fingerprint density at radius 2 is 1.88 bits per heavy atom. The molecule has 1 amide bonds. The third-order valence-electron chi connectivity index (χ3n) is 3.65. The Morgan fingerprint density at radius 1 is 1.19 bits per heavy atom. The van der Waals surface area contributed by atoms with E-state index in [1.165, 1.54) is 24.3 Å². The van der Waals surface area contributed by atoms with Crippen LogP contribution in [0, 0.1) is 6.92 Å². The van der Waals surface area contributed by atoms with E-state index < -0.39 is 15.9 Å². The number of benzene rings is 2. The van der Waals surface area contributed by atoms with E-state index in [0.29, 0.717) is 5.02 Å². The molecule has 0 saturated carbocycles. The number of carbonyl (C=O) groups is 1. The van der Waals surface area contributed by atoms with Crippen LogP contribution in [0.1, 0.15) is 11.1 Å². The van der Waals surface area contributed by atoms with Gasteiger partial charge in [0.05, 0.1) is 18.0 Å². The summed E-state index contributed by atoms with van der Waals surface area (Å²) >= 11 is 5.83. The molecule has 0 unspecified atom stereocenters. The van der Waals surface area contributed by atoms with Crippen molar-refractivity contribution in [1.82, 2.24) is 9.62 Å². The van der Waals surface area contributed by atoms with Crippen molar-refractivity contribution >= 4 is 27.5 Å². The lowest BCUT2D eigenvalue weighted by Gasteiger charge is -2.22. The topological polar surface area (TPSA) is 86.7 Å². The molecule has 2 aromatic rings. The zero-order chi connectivity index (χ0) is 19.2. The van der Waals surface area contributed by atoms with Gasteiger partial charge in [-0.3, -0.25) is 4.79 Å². The number of nitrogens with zero attached hydrogens (tertiary/aromatic N) is 1. The van der Waals surface area contributed by atoms with Crippen molar-refractivity contribution < 1.29 is 18.3 Å². The van der Waals surface area contributed by atoms with Crippen molar-refractivity contribution in [1.29, 1.82) is 0 Å². The van der Waals surface area contributed by atoms with Gasteiger partial charge in [-0.2, -0.15) is 4.31 Å². The van der Waals surface area contributed by atoms with Crippen LogP contribution in [0.3, 0.4) is 0 Å². The van der Waals surface area contributed by atoms with E-state index in [1.54, 1.807) is 0 Å². The third kappa shape index (κ3) is 5.54. The number of nitrogens with one attached hydrogen (secondary N) is 1. The zero-order valence-corrected chi connectivity index (χ0v) is 15.9. The van der Waals surface area contributed by atoms with Crippen molar-refractivity contribution in [3.63, 3.8) is 0 Å². The van der Waals surface area contributed by atoms with E-state index in [-0.39, 0.29) is 31.1 Å². The number of aliphatic hydroxyl groups is 1. The first-order chi connectivity index (χ1) is 12.3. The van der Waals surface area contributed by atoms with E-state index in [9.17, 15) is 13.2 Å². The van der Waals surface area contributed by atoms with E-state index in [2.05, 4.69) is 5.32 Å². The lowest BCUT2D eigenvalue weighted by Crippen LogP contribution is -2.41. The molecule has 2 rings (SSSR count). The molecule has 0 radical (unpaired) electrons.